The third-order valence-corrected chi connectivity index (χ3v) is 3.58. The fourth-order valence-electron chi connectivity index (χ4n) is 2.47. The van der Waals surface area contributed by atoms with Crippen molar-refractivity contribution < 1.29 is 23.4 Å². The van der Waals surface area contributed by atoms with Gasteiger partial charge >= 0.3 is 5.97 Å². The summed E-state index contributed by atoms with van der Waals surface area (Å²) in [6, 6.07) is 6.05. The van der Waals surface area contributed by atoms with Gasteiger partial charge in [0.25, 0.3) is 0 Å². The van der Waals surface area contributed by atoms with Gasteiger partial charge in [0.1, 0.15) is 11.3 Å². The molecule has 1 aromatic carbocycles. The van der Waals surface area contributed by atoms with Crippen LogP contribution in [0.25, 0.3) is 11.0 Å². The summed E-state index contributed by atoms with van der Waals surface area (Å²) >= 11 is 0. The number of rotatable bonds is 4. The van der Waals surface area contributed by atoms with Crippen LogP contribution in [0, 0.1) is 0 Å². The molecule has 2 heterocycles. The van der Waals surface area contributed by atoms with E-state index in [9.17, 15) is 9.59 Å². The predicted molar refractivity (Wildman–Crippen MR) is 82.7 cm³/mol. The Balaban J connectivity index is 1.88. The molecule has 1 aliphatic heterocycles. The maximum absolute atomic E-state index is 12.2. The number of fused-ring (bicyclic) bond motifs is 1. The maximum atomic E-state index is 12.2. The first-order chi connectivity index (χ1) is 11.2. The first-order valence-corrected chi connectivity index (χ1v) is 7.70. The highest BCUT2D eigenvalue weighted by Gasteiger charge is 2.17. The fourth-order valence-corrected chi connectivity index (χ4v) is 2.47. The molecule has 1 saturated heterocycles. The maximum Gasteiger partial charge on any atom is 0.374 e. The van der Waals surface area contributed by atoms with Crippen molar-refractivity contribution in [1.29, 1.82) is 0 Å². The summed E-state index contributed by atoms with van der Waals surface area (Å²) in [5, 5.41) is 0.353. The minimum atomic E-state index is -0.651. The zero-order valence-electron chi connectivity index (χ0n) is 12.9. The van der Waals surface area contributed by atoms with Crippen molar-refractivity contribution in [2.45, 2.75) is 32.5 Å². The molecule has 0 saturated carbocycles. The normalized spacial score (nSPS) is 17.9. The van der Waals surface area contributed by atoms with Crippen molar-refractivity contribution in [3.8, 4) is 5.75 Å². The van der Waals surface area contributed by atoms with Gasteiger partial charge in [-0.1, -0.05) is 0 Å². The molecule has 6 heteroatoms. The molecule has 3 rings (SSSR count). The number of hydrogen-bond acceptors (Lipinski definition) is 6. The smallest absolute Gasteiger partial charge is 0.374 e. The van der Waals surface area contributed by atoms with Gasteiger partial charge in [0, 0.05) is 12.5 Å². The van der Waals surface area contributed by atoms with Gasteiger partial charge in [0.05, 0.1) is 18.6 Å². The third kappa shape index (κ3) is 3.53. The van der Waals surface area contributed by atoms with Crippen LogP contribution in [0.5, 0.6) is 5.75 Å². The Morgan fingerprint density at radius 2 is 2.17 bits per heavy atom. The summed E-state index contributed by atoms with van der Waals surface area (Å²) in [7, 11) is 0. The Hall–Kier alpha value is -2.34. The number of benzene rings is 1. The molecule has 0 bridgehead atoms. The van der Waals surface area contributed by atoms with Gasteiger partial charge in [0.15, 0.2) is 11.7 Å². The van der Waals surface area contributed by atoms with Gasteiger partial charge in [-0.15, -0.1) is 0 Å². The average molecular weight is 318 g/mol. The number of hydrogen-bond donors (Lipinski definition) is 0. The molecule has 23 heavy (non-hydrogen) atoms. The molecule has 0 radical (unpaired) electrons. The Labute approximate surface area is 132 Å². The standard InChI is InChI=1S/C17H18O6/c1-2-20-17(19)15-10-13(18)12-9-11(6-7-14(12)23-15)22-16-5-3-4-8-21-16/h6-7,9-10,16H,2-5,8H2,1H3. The van der Waals surface area contributed by atoms with Crippen LogP contribution < -0.4 is 10.2 Å². The van der Waals surface area contributed by atoms with Crippen molar-refractivity contribution in [3.05, 3.63) is 40.2 Å². The Bertz CT molecular complexity index is 757. The third-order valence-electron chi connectivity index (χ3n) is 3.58. The Kier molecular flexibility index (Phi) is 4.62. The number of ether oxygens (including phenoxy) is 3. The van der Waals surface area contributed by atoms with Crippen LogP contribution in [0.4, 0.5) is 0 Å². The second-order valence-electron chi connectivity index (χ2n) is 5.27. The van der Waals surface area contributed by atoms with Gasteiger partial charge in [-0.2, -0.15) is 0 Å². The van der Waals surface area contributed by atoms with E-state index in [-0.39, 0.29) is 24.1 Å². The molecule has 1 fully saturated rings. The number of esters is 1. The molecule has 1 unspecified atom stereocenters. The van der Waals surface area contributed by atoms with E-state index in [1.54, 1.807) is 25.1 Å². The minimum Gasteiger partial charge on any atom is -0.465 e. The highest BCUT2D eigenvalue weighted by Crippen LogP contribution is 2.23. The summed E-state index contributed by atoms with van der Waals surface area (Å²) < 4.78 is 21.5. The van der Waals surface area contributed by atoms with Crippen LogP contribution in [0.2, 0.25) is 0 Å². The molecule has 0 N–H and O–H groups in total. The molecule has 1 aliphatic rings. The van der Waals surface area contributed by atoms with Gasteiger partial charge in [0.2, 0.25) is 5.76 Å². The summed E-state index contributed by atoms with van der Waals surface area (Å²) in [4.78, 5) is 23.9. The van der Waals surface area contributed by atoms with Gasteiger partial charge in [-0.05, 0) is 38.0 Å². The zero-order chi connectivity index (χ0) is 16.2. The Morgan fingerprint density at radius 1 is 1.30 bits per heavy atom. The van der Waals surface area contributed by atoms with E-state index in [4.69, 9.17) is 18.6 Å². The molecule has 122 valence electrons. The lowest BCUT2D eigenvalue weighted by Gasteiger charge is -2.23. The zero-order valence-corrected chi connectivity index (χ0v) is 12.9. The van der Waals surface area contributed by atoms with Crippen LogP contribution in [0.1, 0.15) is 36.7 Å². The van der Waals surface area contributed by atoms with Gasteiger partial charge in [-0.3, -0.25) is 4.79 Å². The van der Waals surface area contributed by atoms with E-state index in [0.717, 1.165) is 25.3 Å². The molecule has 0 aliphatic carbocycles. The van der Waals surface area contributed by atoms with E-state index in [2.05, 4.69) is 0 Å². The van der Waals surface area contributed by atoms with Crippen molar-refractivity contribution >= 4 is 16.9 Å². The van der Waals surface area contributed by atoms with E-state index in [1.165, 1.54) is 0 Å². The van der Waals surface area contributed by atoms with Crippen LogP contribution in [0.3, 0.4) is 0 Å². The minimum absolute atomic E-state index is 0.103. The van der Waals surface area contributed by atoms with Crippen molar-refractivity contribution in [3.63, 3.8) is 0 Å². The van der Waals surface area contributed by atoms with Crippen LogP contribution >= 0.6 is 0 Å². The second-order valence-corrected chi connectivity index (χ2v) is 5.27. The topological polar surface area (TPSA) is 75.0 Å². The quantitative estimate of drug-likeness (QED) is 0.807. The monoisotopic (exact) mass is 318 g/mol. The molecule has 6 nitrogen and oxygen atoms in total. The summed E-state index contributed by atoms with van der Waals surface area (Å²) in [6.45, 7) is 2.59. The average Bonchev–Trinajstić information content (AvgIpc) is 2.56. The molecule has 1 atom stereocenters. The lowest BCUT2D eigenvalue weighted by Crippen LogP contribution is -2.25. The highest BCUT2D eigenvalue weighted by atomic mass is 16.7. The SMILES string of the molecule is CCOC(=O)c1cc(=O)c2cc(OC3CCCCO3)ccc2o1. The molecule has 0 amide bonds. The van der Waals surface area contributed by atoms with Crippen LogP contribution in [-0.4, -0.2) is 25.5 Å². The lowest BCUT2D eigenvalue weighted by atomic mass is 10.2. The van der Waals surface area contributed by atoms with Gasteiger partial charge < -0.3 is 18.6 Å². The fraction of sp³-hybridized carbons (Fsp3) is 0.412. The van der Waals surface area contributed by atoms with Crippen molar-refractivity contribution in [2.24, 2.45) is 0 Å². The van der Waals surface area contributed by atoms with Crippen LogP contribution in [0.15, 0.2) is 33.5 Å². The van der Waals surface area contributed by atoms with E-state index in [1.807, 2.05) is 0 Å². The summed E-state index contributed by atoms with van der Waals surface area (Å²) in [6.07, 6.45) is 2.64. The molecule has 1 aromatic heterocycles. The Morgan fingerprint density at radius 3 is 2.91 bits per heavy atom. The molecule has 0 spiro atoms. The molecular formula is C17H18O6. The predicted octanol–water partition coefficient (Wildman–Crippen LogP) is 2.88. The number of carbonyl (C=O) groups excluding carboxylic acids is 1. The molecule has 2 aromatic rings. The lowest BCUT2D eigenvalue weighted by molar-refractivity contribution is -0.105. The molecular weight excluding hydrogens is 300 g/mol. The largest absolute Gasteiger partial charge is 0.465 e. The first-order valence-electron chi connectivity index (χ1n) is 7.70. The van der Waals surface area contributed by atoms with Crippen LogP contribution in [-0.2, 0) is 9.47 Å². The van der Waals surface area contributed by atoms with Gasteiger partial charge in [-0.25, -0.2) is 4.79 Å². The first kappa shape index (κ1) is 15.6. The summed E-state index contributed by atoms with van der Waals surface area (Å²) in [5.41, 5.74) is 0.00165. The van der Waals surface area contributed by atoms with E-state index < -0.39 is 5.97 Å². The second kappa shape index (κ2) is 6.83. The number of carbonyl (C=O) groups is 1. The van der Waals surface area contributed by atoms with Crippen molar-refractivity contribution in [1.82, 2.24) is 0 Å². The van der Waals surface area contributed by atoms with E-state index in [0.29, 0.717) is 23.3 Å². The highest BCUT2D eigenvalue weighted by molar-refractivity contribution is 5.89. The summed E-state index contributed by atoms with van der Waals surface area (Å²) in [5.74, 6) is -0.211. The van der Waals surface area contributed by atoms with E-state index >= 15 is 0 Å². The van der Waals surface area contributed by atoms with Crippen molar-refractivity contribution in [2.75, 3.05) is 13.2 Å².